The molecule has 1 aliphatic carbocycles. The molecule has 1 aliphatic heterocycles. The van der Waals surface area contributed by atoms with E-state index in [0.717, 1.165) is 6.42 Å². The number of carbonyl (C=O) groups is 3. The standard InChI is InChI=1S/C16H18N2O5/c19-13(17-16(15(21)22)7-3-8-16)6-9-18-11-4-1-2-5-12(11)23-10-14(18)20/h1-2,4-5H,3,6-10H2,(H,17,19)(H,21,22). The molecule has 0 unspecified atom stereocenters. The van der Waals surface area contributed by atoms with Crippen LogP contribution in [0.4, 0.5) is 5.69 Å². The van der Waals surface area contributed by atoms with Crippen LogP contribution in [0.5, 0.6) is 5.75 Å². The smallest absolute Gasteiger partial charge is 0.329 e. The molecule has 2 aliphatic rings. The van der Waals surface area contributed by atoms with Crippen LogP contribution >= 0.6 is 0 Å². The highest BCUT2D eigenvalue weighted by Crippen LogP contribution is 2.33. The summed E-state index contributed by atoms with van der Waals surface area (Å²) >= 11 is 0. The van der Waals surface area contributed by atoms with E-state index >= 15 is 0 Å². The Morgan fingerprint density at radius 2 is 2.04 bits per heavy atom. The number of amides is 2. The first-order chi connectivity index (χ1) is 11.0. The van der Waals surface area contributed by atoms with Crippen LogP contribution in [0.3, 0.4) is 0 Å². The molecular weight excluding hydrogens is 300 g/mol. The topological polar surface area (TPSA) is 95.9 Å². The van der Waals surface area contributed by atoms with E-state index in [1.165, 1.54) is 4.90 Å². The van der Waals surface area contributed by atoms with Crippen molar-refractivity contribution >= 4 is 23.5 Å². The van der Waals surface area contributed by atoms with Crippen LogP contribution in [0.25, 0.3) is 0 Å². The summed E-state index contributed by atoms with van der Waals surface area (Å²) in [4.78, 5) is 36.9. The van der Waals surface area contributed by atoms with Gasteiger partial charge in [-0.1, -0.05) is 12.1 Å². The van der Waals surface area contributed by atoms with Crippen molar-refractivity contribution in [1.29, 1.82) is 0 Å². The summed E-state index contributed by atoms with van der Waals surface area (Å²) in [5.41, 5.74) is -0.488. The molecule has 122 valence electrons. The van der Waals surface area contributed by atoms with Crippen molar-refractivity contribution < 1.29 is 24.2 Å². The number of carboxylic acids is 1. The maximum absolute atomic E-state index is 12.1. The van der Waals surface area contributed by atoms with Crippen molar-refractivity contribution in [1.82, 2.24) is 5.32 Å². The van der Waals surface area contributed by atoms with E-state index in [1.54, 1.807) is 18.2 Å². The summed E-state index contributed by atoms with van der Waals surface area (Å²) in [5.74, 6) is -0.963. The van der Waals surface area contributed by atoms with Crippen molar-refractivity contribution in [2.75, 3.05) is 18.1 Å². The first-order valence-electron chi connectivity index (χ1n) is 7.58. The number of ether oxygens (including phenoxy) is 1. The molecule has 0 bridgehead atoms. The van der Waals surface area contributed by atoms with Gasteiger partial charge in [-0.3, -0.25) is 9.59 Å². The SMILES string of the molecule is O=C(CCN1C(=O)COc2ccccc21)NC1(C(=O)O)CCC1. The number of anilines is 1. The third kappa shape index (κ3) is 2.86. The van der Waals surface area contributed by atoms with E-state index in [0.29, 0.717) is 24.3 Å². The van der Waals surface area contributed by atoms with Gasteiger partial charge in [-0.25, -0.2) is 4.79 Å². The highest BCUT2D eigenvalue weighted by atomic mass is 16.5. The third-order valence-electron chi connectivity index (χ3n) is 4.37. The minimum Gasteiger partial charge on any atom is -0.482 e. The number of aliphatic carboxylic acids is 1. The molecule has 3 rings (SSSR count). The van der Waals surface area contributed by atoms with Crippen LogP contribution in [0.15, 0.2) is 24.3 Å². The van der Waals surface area contributed by atoms with E-state index in [4.69, 9.17) is 4.74 Å². The minimum atomic E-state index is -1.12. The van der Waals surface area contributed by atoms with Crippen LogP contribution in [-0.2, 0) is 14.4 Å². The number of benzene rings is 1. The van der Waals surface area contributed by atoms with E-state index in [1.807, 2.05) is 6.07 Å². The largest absolute Gasteiger partial charge is 0.482 e. The minimum absolute atomic E-state index is 0.0507. The summed E-state index contributed by atoms with van der Waals surface area (Å²) in [5, 5.41) is 11.8. The lowest BCUT2D eigenvalue weighted by Gasteiger charge is -2.38. The predicted molar refractivity (Wildman–Crippen MR) is 81.3 cm³/mol. The van der Waals surface area contributed by atoms with Gasteiger partial charge in [0.25, 0.3) is 5.91 Å². The first-order valence-corrected chi connectivity index (χ1v) is 7.58. The molecule has 7 nitrogen and oxygen atoms in total. The molecule has 0 saturated heterocycles. The van der Waals surface area contributed by atoms with Crippen LogP contribution in [-0.4, -0.2) is 41.6 Å². The Morgan fingerprint density at radius 1 is 1.30 bits per heavy atom. The zero-order valence-electron chi connectivity index (χ0n) is 12.6. The van der Waals surface area contributed by atoms with Gasteiger partial charge >= 0.3 is 5.97 Å². The van der Waals surface area contributed by atoms with Crippen LogP contribution in [0, 0.1) is 0 Å². The zero-order valence-corrected chi connectivity index (χ0v) is 12.6. The molecule has 0 radical (unpaired) electrons. The number of hydrogen-bond donors (Lipinski definition) is 2. The molecule has 23 heavy (non-hydrogen) atoms. The average Bonchev–Trinajstić information content (AvgIpc) is 2.49. The Balaban J connectivity index is 1.63. The second-order valence-corrected chi connectivity index (χ2v) is 5.84. The molecule has 1 heterocycles. The average molecular weight is 318 g/mol. The molecule has 1 aromatic carbocycles. The fourth-order valence-electron chi connectivity index (χ4n) is 2.86. The van der Waals surface area contributed by atoms with Crippen LogP contribution in [0.1, 0.15) is 25.7 Å². The van der Waals surface area contributed by atoms with Crippen molar-refractivity contribution in [3.8, 4) is 5.75 Å². The molecule has 1 aromatic rings. The van der Waals surface area contributed by atoms with Crippen molar-refractivity contribution in [3.05, 3.63) is 24.3 Å². The Labute approximate surface area is 133 Å². The van der Waals surface area contributed by atoms with E-state index in [-0.39, 0.29) is 31.4 Å². The molecule has 0 atom stereocenters. The maximum atomic E-state index is 12.1. The van der Waals surface area contributed by atoms with E-state index in [2.05, 4.69) is 5.32 Å². The normalized spacial score (nSPS) is 18.4. The number of fused-ring (bicyclic) bond motifs is 1. The molecule has 1 fully saturated rings. The monoisotopic (exact) mass is 318 g/mol. The van der Waals surface area contributed by atoms with Gasteiger partial charge in [-0.15, -0.1) is 0 Å². The highest BCUT2D eigenvalue weighted by molar-refractivity contribution is 5.98. The summed E-state index contributed by atoms with van der Waals surface area (Å²) in [6.07, 6.45) is 1.75. The summed E-state index contributed by atoms with van der Waals surface area (Å²) in [7, 11) is 0. The second kappa shape index (κ2) is 5.91. The Morgan fingerprint density at radius 3 is 2.70 bits per heavy atom. The van der Waals surface area contributed by atoms with Crippen LogP contribution < -0.4 is 15.0 Å². The number of nitrogens with one attached hydrogen (secondary N) is 1. The Kier molecular flexibility index (Phi) is 3.94. The number of rotatable bonds is 5. The molecule has 0 spiro atoms. The van der Waals surface area contributed by atoms with E-state index < -0.39 is 11.5 Å². The second-order valence-electron chi connectivity index (χ2n) is 5.84. The van der Waals surface area contributed by atoms with Crippen molar-refractivity contribution in [2.45, 2.75) is 31.2 Å². The van der Waals surface area contributed by atoms with Gasteiger partial charge in [0, 0.05) is 13.0 Å². The molecule has 1 saturated carbocycles. The fourth-order valence-corrected chi connectivity index (χ4v) is 2.86. The number of carboxylic acid groups (broad SMARTS) is 1. The molecular formula is C16H18N2O5. The summed E-state index contributed by atoms with van der Waals surface area (Å²) in [6, 6.07) is 7.13. The number of carbonyl (C=O) groups excluding carboxylic acids is 2. The van der Waals surface area contributed by atoms with Crippen molar-refractivity contribution in [2.24, 2.45) is 0 Å². The number of nitrogens with zero attached hydrogens (tertiary/aromatic N) is 1. The number of hydrogen-bond acceptors (Lipinski definition) is 4. The molecule has 2 amide bonds. The fraction of sp³-hybridized carbons (Fsp3) is 0.438. The van der Waals surface area contributed by atoms with Gasteiger partial charge in [0.15, 0.2) is 6.61 Å². The zero-order chi connectivity index (χ0) is 16.4. The number of para-hydroxylation sites is 2. The quantitative estimate of drug-likeness (QED) is 0.842. The van der Waals surface area contributed by atoms with Crippen LogP contribution in [0.2, 0.25) is 0 Å². The Bertz CT molecular complexity index is 654. The summed E-state index contributed by atoms with van der Waals surface area (Å²) in [6.45, 7) is 0.137. The lowest BCUT2D eigenvalue weighted by Crippen LogP contribution is -2.59. The summed E-state index contributed by atoms with van der Waals surface area (Å²) < 4.78 is 5.34. The van der Waals surface area contributed by atoms with Gasteiger partial charge in [0.2, 0.25) is 5.91 Å². The van der Waals surface area contributed by atoms with Gasteiger partial charge in [-0.05, 0) is 31.4 Å². The van der Waals surface area contributed by atoms with Crippen molar-refractivity contribution in [3.63, 3.8) is 0 Å². The maximum Gasteiger partial charge on any atom is 0.329 e. The molecule has 2 N–H and O–H groups in total. The van der Waals surface area contributed by atoms with Gasteiger partial charge in [0.05, 0.1) is 5.69 Å². The lowest BCUT2D eigenvalue weighted by molar-refractivity contribution is -0.151. The molecule has 7 heteroatoms. The van der Waals surface area contributed by atoms with Gasteiger partial charge < -0.3 is 20.1 Å². The third-order valence-corrected chi connectivity index (χ3v) is 4.37. The highest BCUT2D eigenvalue weighted by Gasteiger charge is 2.45. The predicted octanol–water partition coefficient (Wildman–Crippen LogP) is 0.926. The molecule has 0 aromatic heterocycles. The van der Waals surface area contributed by atoms with Gasteiger partial charge in [0.1, 0.15) is 11.3 Å². The first kappa shape index (κ1) is 15.3. The van der Waals surface area contributed by atoms with E-state index in [9.17, 15) is 19.5 Å². The lowest BCUT2D eigenvalue weighted by atomic mass is 9.76. The Hall–Kier alpha value is -2.57. The van der Waals surface area contributed by atoms with Gasteiger partial charge in [-0.2, -0.15) is 0 Å².